The maximum Gasteiger partial charge on any atom is 0.123 e. The summed E-state index contributed by atoms with van der Waals surface area (Å²) >= 11 is 0. The Morgan fingerprint density at radius 2 is 1.73 bits per heavy atom. The van der Waals surface area contributed by atoms with Gasteiger partial charge in [0.15, 0.2) is 0 Å². The molecule has 30 heavy (non-hydrogen) atoms. The summed E-state index contributed by atoms with van der Waals surface area (Å²) in [6, 6.07) is 13.8. The molecule has 0 N–H and O–H groups in total. The third kappa shape index (κ3) is 4.10. The van der Waals surface area contributed by atoms with Crippen molar-refractivity contribution < 1.29 is 4.39 Å². The minimum absolute atomic E-state index is 0.163. The summed E-state index contributed by atoms with van der Waals surface area (Å²) < 4.78 is 13.2. The Balaban J connectivity index is 1.32. The Hall–Kier alpha value is -2.73. The first-order chi connectivity index (χ1) is 14.8. The van der Waals surface area contributed by atoms with Gasteiger partial charge in [-0.05, 0) is 67.0 Å². The van der Waals surface area contributed by atoms with Crippen LogP contribution in [0.4, 0.5) is 10.1 Å². The highest BCUT2D eigenvalue weighted by atomic mass is 19.1. The Morgan fingerprint density at radius 3 is 2.57 bits per heavy atom. The fourth-order valence-electron chi connectivity index (χ4n) is 4.86. The second kappa shape index (κ2) is 8.56. The molecule has 2 aliphatic heterocycles. The van der Waals surface area contributed by atoms with E-state index in [0.29, 0.717) is 12.7 Å². The normalized spacial score (nSPS) is 19.2. The monoisotopic (exact) mass is 405 g/mol. The Morgan fingerprint density at radius 1 is 0.933 bits per heavy atom. The highest BCUT2D eigenvalue weighted by molar-refractivity contribution is 5.60. The number of halogens is 1. The SMILES string of the molecule is Fc1ccc(CCN2CCCCC2N2CCc3ccc(Cn4nccn4)cc32)cc1. The number of hydrogen-bond acceptors (Lipinski definition) is 4. The van der Waals surface area contributed by atoms with E-state index in [4.69, 9.17) is 0 Å². The molecule has 0 aliphatic carbocycles. The quantitative estimate of drug-likeness (QED) is 0.624. The van der Waals surface area contributed by atoms with Gasteiger partial charge in [-0.2, -0.15) is 15.0 Å². The molecule has 156 valence electrons. The molecule has 2 aliphatic rings. The lowest BCUT2D eigenvalue weighted by molar-refractivity contribution is 0.146. The van der Waals surface area contributed by atoms with Crippen LogP contribution in [0.2, 0.25) is 0 Å². The van der Waals surface area contributed by atoms with E-state index in [1.54, 1.807) is 29.3 Å². The molecule has 0 amide bonds. The maximum atomic E-state index is 13.2. The first-order valence-electron chi connectivity index (χ1n) is 11.0. The minimum Gasteiger partial charge on any atom is -0.355 e. The zero-order valence-electron chi connectivity index (χ0n) is 17.3. The topological polar surface area (TPSA) is 37.2 Å². The van der Waals surface area contributed by atoms with E-state index in [0.717, 1.165) is 32.5 Å². The number of rotatable bonds is 6. The average Bonchev–Trinajstić information content (AvgIpc) is 3.43. The van der Waals surface area contributed by atoms with E-state index >= 15 is 0 Å². The second-order valence-electron chi connectivity index (χ2n) is 8.35. The lowest BCUT2D eigenvalue weighted by Crippen LogP contribution is -2.51. The Bertz CT molecular complexity index is 970. The molecular formula is C24H28FN5. The Kier molecular flexibility index (Phi) is 5.49. The van der Waals surface area contributed by atoms with Crippen LogP contribution in [0.3, 0.4) is 0 Å². The molecule has 3 heterocycles. The molecule has 1 saturated heterocycles. The van der Waals surface area contributed by atoms with Gasteiger partial charge in [-0.3, -0.25) is 4.90 Å². The van der Waals surface area contributed by atoms with Crippen molar-refractivity contribution in [2.45, 2.75) is 44.8 Å². The molecule has 1 fully saturated rings. The highest BCUT2D eigenvalue weighted by Crippen LogP contribution is 2.34. The molecule has 3 aromatic rings. The molecule has 1 aromatic heterocycles. The van der Waals surface area contributed by atoms with Crippen molar-refractivity contribution in [3.63, 3.8) is 0 Å². The molecule has 2 aromatic carbocycles. The summed E-state index contributed by atoms with van der Waals surface area (Å²) in [6.07, 6.45) is 9.69. The van der Waals surface area contributed by atoms with Gasteiger partial charge >= 0.3 is 0 Å². The number of piperidine rings is 1. The van der Waals surface area contributed by atoms with Gasteiger partial charge in [-0.25, -0.2) is 4.39 Å². The smallest absolute Gasteiger partial charge is 0.123 e. The summed E-state index contributed by atoms with van der Waals surface area (Å²) in [5.41, 5.74) is 5.26. The van der Waals surface area contributed by atoms with Crippen molar-refractivity contribution in [3.05, 3.63) is 77.4 Å². The number of fused-ring (bicyclic) bond motifs is 1. The number of anilines is 1. The molecule has 0 bridgehead atoms. The predicted octanol–water partition coefficient (Wildman–Crippen LogP) is 3.88. The van der Waals surface area contributed by atoms with Gasteiger partial charge in [0, 0.05) is 25.3 Å². The first kappa shape index (κ1) is 19.2. The van der Waals surface area contributed by atoms with Gasteiger partial charge in [0.2, 0.25) is 0 Å². The fraction of sp³-hybridized carbons (Fsp3) is 0.417. The van der Waals surface area contributed by atoms with Crippen LogP contribution in [-0.4, -0.2) is 45.7 Å². The van der Waals surface area contributed by atoms with Crippen molar-refractivity contribution in [3.8, 4) is 0 Å². The molecule has 1 unspecified atom stereocenters. The van der Waals surface area contributed by atoms with E-state index in [9.17, 15) is 4.39 Å². The standard InChI is InChI=1S/C24H28FN5/c25-22-8-5-19(6-9-22)10-15-28-14-2-1-3-24(28)29-16-11-21-7-4-20(17-23(21)29)18-30-26-12-13-27-30/h4-9,12-13,17,24H,1-3,10-11,14-16,18H2. The number of likely N-dealkylation sites (tertiary alicyclic amines) is 1. The van der Waals surface area contributed by atoms with Crippen molar-refractivity contribution >= 4 is 5.69 Å². The van der Waals surface area contributed by atoms with Gasteiger partial charge in [0.25, 0.3) is 0 Å². The lowest BCUT2D eigenvalue weighted by Gasteiger charge is -2.42. The van der Waals surface area contributed by atoms with Crippen LogP contribution >= 0.6 is 0 Å². The molecule has 6 heteroatoms. The zero-order valence-corrected chi connectivity index (χ0v) is 17.3. The van der Waals surface area contributed by atoms with E-state index in [1.807, 2.05) is 12.1 Å². The number of nitrogens with zero attached hydrogens (tertiary/aromatic N) is 5. The fourth-order valence-corrected chi connectivity index (χ4v) is 4.86. The van der Waals surface area contributed by atoms with Crippen LogP contribution in [0.25, 0.3) is 0 Å². The molecule has 0 radical (unpaired) electrons. The van der Waals surface area contributed by atoms with Crippen LogP contribution in [0.5, 0.6) is 0 Å². The number of aromatic nitrogens is 3. The highest BCUT2D eigenvalue weighted by Gasteiger charge is 2.32. The molecule has 1 atom stereocenters. The summed E-state index contributed by atoms with van der Waals surface area (Å²) in [4.78, 5) is 6.97. The third-order valence-corrected chi connectivity index (χ3v) is 6.41. The van der Waals surface area contributed by atoms with Crippen molar-refractivity contribution in [1.29, 1.82) is 0 Å². The molecule has 0 spiro atoms. The van der Waals surface area contributed by atoms with Crippen LogP contribution < -0.4 is 4.90 Å². The van der Waals surface area contributed by atoms with Crippen molar-refractivity contribution in [1.82, 2.24) is 19.9 Å². The van der Waals surface area contributed by atoms with Crippen LogP contribution in [0, 0.1) is 5.82 Å². The van der Waals surface area contributed by atoms with E-state index in [2.05, 4.69) is 38.2 Å². The van der Waals surface area contributed by atoms with Gasteiger partial charge in [-0.1, -0.05) is 24.3 Å². The van der Waals surface area contributed by atoms with E-state index < -0.39 is 0 Å². The van der Waals surface area contributed by atoms with Gasteiger partial charge in [0.1, 0.15) is 5.82 Å². The predicted molar refractivity (Wildman–Crippen MR) is 116 cm³/mol. The lowest BCUT2D eigenvalue weighted by atomic mass is 10.0. The molecule has 0 saturated carbocycles. The Labute approximate surface area is 177 Å². The molecular weight excluding hydrogens is 377 g/mol. The van der Waals surface area contributed by atoms with Crippen LogP contribution in [0.1, 0.15) is 36.0 Å². The first-order valence-corrected chi connectivity index (χ1v) is 11.0. The van der Waals surface area contributed by atoms with Gasteiger partial charge in [-0.15, -0.1) is 0 Å². The largest absolute Gasteiger partial charge is 0.355 e. The van der Waals surface area contributed by atoms with Crippen molar-refractivity contribution in [2.24, 2.45) is 0 Å². The minimum atomic E-state index is -0.163. The van der Waals surface area contributed by atoms with Crippen LogP contribution in [-0.2, 0) is 19.4 Å². The third-order valence-electron chi connectivity index (χ3n) is 6.41. The van der Waals surface area contributed by atoms with E-state index in [1.165, 1.54) is 41.6 Å². The van der Waals surface area contributed by atoms with Gasteiger partial charge < -0.3 is 4.90 Å². The second-order valence-corrected chi connectivity index (χ2v) is 8.35. The average molecular weight is 406 g/mol. The number of benzene rings is 2. The summed E-state index contributed by atoms with van der Waals surface area (Å²) in [6.45, 7) is 3.93. The summed E-state index contributed by atoms with van der Waals surface area (Å²) in [5.74, 6) is -0.163. The number of hydrogen-bond donors (Lipinski definition) is 0. The molecule has 5 nitrogen and oxygen atoms in total. The van der Waals surface area contributed by atoms with Gasteiger partial charge in [0.05, 0.1) is 25.1 Å². The van der Waals surface area contributed by atoms with E-state index in [-0.39, 0.29) is 5.82 Å². The van der Waals surface area contributed by atoms with Crippen LogP contribution in [0.15, 0.2) is 54.9 Å². The maximum absolute atomic E-state index is 13.2. The summed E-state index contributed by atoms with van der Waals surface area (Å²) in [5, 5.41) is 8.49. The zero-order chi connectivity index (χ0) is 20.3. The van der Waals surface area contributed by atoms with Crippen molar-refractivity contribution in [2.75, 3.05) is 24.5 Å². The molecule has 5 rings (SSSR count). The summed E-state index contributed by atoms with van der Waals surface area (Å²) in [7, 11) is 0.